The number of benzene rings is 1. The van der Waals surface area contributed by atoms with Crippen LogP contribution < -0.4 is 4.74 Å². The lowest BCUT2D eigenvalue weighted by atomic mass is 9.45. The van der Waals surface area contributed by atoms with Gasteiger partial charge in [0.1, 0.15) is 5.75 Å². The van der Waals surface area contributed by atoms with Gasteiger partial charge < -0.3 is 18.9 Å². The average molecular weight is 439 g/mol. The van der Waals surface area contributed by atoms with E-state index in [9.17, 15) is 4.79 Å². The zero-order valence-corrected chi connectivity index (χ0v) is 19.6. The van der Waals surface area contributed by atoms with Crippen LogP contribution in [0.3, 0.4) is 0 Å². The van der Waals surface area contributed by atoms with Gasteiger partial charge in [-0.05, 0) is 85.0 Å². The Morgan fingerprint density at radius 1 is 1.09 bits per heavy atom. The van der Waals surface area contributed by atoms with Crippen molar-refractivity contribution in [3.8, 4) is 5.75 Å². The molecule has 2 bridgehead atoms. The molecule has 5 nitrogen and oxygen atoms in total. The molecule has 0 N–H and O–H groups in total. The van der Waals surface area contributed by atoms with E-state index >= 15 is 0 Å². The lowest BCUT2D eigenvalue weighted by Gasteiger charge is -2.59. The summed E-state index contributed by atoms with van der Waals surface area (Å²) in [6.07, 6.45) is 9.95. The first-order chi connectivity index (χ1) is 15.4. The third-order valence-electron chi connectivity index (χ3n) is 10.3. The van der Waals surface area contributed by atoms with Crippen molar-refractivity contribution in [1.29, 1.82) is 0 Å². The first kappa shape index (κ1) is 20.7. The van der Waals surface area contributed by atoms with E-state index in [1.165, 1.54) is 18.2 Å². The minimum absolute atomic E-state index is 0.0509. The molecule has 2 saturated carbocycles. The van der Waals surface area contributed by atoms with Gasteiger partial charge in [0.25, 0.3) is 0 Å². The van der Waals surface area contributed by atoms with Crippen molar-refractivity contribution in [2.24, 2.45) is 28.1 Å². The van der Waals surface area contributed by atoms with Gasteiger partial charge in [-0.25, -0.2) is 0 Å². The maximum absolute atomic E-state index is 13.2. The Labute approximate surface area is 190 Å². The van der Waals surface area contributed by atoms with Crippen LogP contribution in [0.2, 0.25) is 0 Å². The minimum atomic E-state index is -0.803. The van der Waals surface area contributed by atoms with E-state index in [0.29, 0.717) is 25.0 Å². The average Bonchev–Trinajstić information content (AvgIpc) is 3.45. The number of methoxy groups -OCH3 is 2. The molecule has 0 amide bonds. The van der Waals surface area contributed by atoms with Crippen LogP contribution in [0.1, 0.15) is 56.6 Å². The van der Waals surface area contributed by atoms with Gasteiger partial charge in [-0.3, -0.25) is 4.79 Å². The Hall–Kier alpha value is -1.85. The summed E-state index contributed by atoms with van der Waals surface area (Å²) >= 11 is 0. The maximum atomic E-state index is 13.2. The number of hydrogen-bond donors (Lipinski definition) is 0. The first-order valence-electron chi connectivity index (χ1n) is 12.1. The fourth-order valence-corrected chi connectivity index (χ4v) is 9.02. The predicted octanol–water partition coefficient (Wildman–Crippen LogP) is 4.64. The van der Waals surface area contributed by atoms with Crippen molar-refractivity contribution >= 4 is 5.97 Å². The Balaban J connectivity index is 1.48. The Morgan fingerprint density at radius 3 is 2.59 bits per heavy atom. The lowest BCUT2D eigenvalue weighted by Crippen LogP contribution is -2.59. The number of esters is 1. The smallest absolute Gasteiger partial charge is 0.309 e. The number of ether oxygens (including phenoxy) is 4. The highest BCUT2D eigenvalue weighted by atomic mass is 16.7. The molecule has 1 heterocycles. The van der Waals surface area contributed by atoms with Crippen LogP contribution >= 0.6 is 0 Å². The third-order valence-corrected chi connectivity index (χ3v) is 10.3. The standard InChI is InChI=1S/C27H34O5/c1-24-10-9-20-19-7-6-18(29-3)15-17(19)5-8-21(20)26(24)11-12-27(24,22(16-26)23(28)30-4)25(2)31-13-14-32-25/h6-7,11-12,15,20-22H,5,8-10,13-14,16H2,1-4H3/t20-,21-,22+,24+,26?,27+/m1/s1. The van der Waals surface area contributed by atoms with Gasteiger partial charge in [-0.1, -0.05) is 25.1 Å². The molecule has 1 unspecified atom stereocenters. The van der Waals surface area contributed by atoms with Crippen molar-refractivity contribution in [3.05, 3.63) is 41.5 Å². The molecule has 4 aliphatic carbocycles. The normalized spacial score (nSPS) is 42.8. The second-order valence-corrected chi connectivity index (χ2v) is 10.9. The van der Waals surface area contributed by atoms with Crippen LogP contribution in [-0.2, 0) is 25.4 Å². The van der Waals surface area contributed by atoms with E-state index in [0.717, 1.165) is 37.9 Å². The minimum Gasteiger partial charge on any atom is -0.497 e. The number of carbonyl (C=O) groups is 1. The fraction of sp³-hybridized carbons (Fsp3) is 0.667. The molecule has 0 aromatic heterocycles. The largest absolute Gasteiger partial charge is 0.497 e. The van der Waals surface area contributed by atoms with Crippen molar-refractivity contribution in [2.75, 3.05) is 27.4 Å². The van der Waals surface area contributed by atoms with Gasteiger partial charge in [0, 0.05) is 0 Å². The Kier molecular flexibility index (Phi) is 4.28. The molecule has 32 heavy (non-hydrogen) atoms. The highest BCUT2D eigenvalue weighted by molar-refractivity contribution is 5.76. The van der Waals surface area contributed by atoms with Gasteiger partial charge in [-0.2, -0.15) is 0 Å². The van der Waals surface area contributed by atoms with Crippen molar-refractivity contribution in [2.45, 2.75) is 57.7 Å². The molecule has 1 aromatic carbocycles. The van der Waals surface area contributed by atoms with Gasteiger partial charge in [-0.15, -0.1) is 0 Å². The van der Waals surface area contributed by atoms with Crippen LogP contribution in [0.5, 0.6) is 5.75 Å². The van der Waals surface area contributed by atoms with Gasteiger partial charge in [0.2, 0.25) is 0 Å². The van der Waals surface area contributed by atoms with Crippen LogP contribution in [0, 0.1) is 28.1 Å². The summed E-state index contributed by atoms with van der Waals surface area (Å²) in [5.74, 6) is 0.773. The highest BCUT2D eigenvalue weighted by Crippen LogP contribution is 2.82. The number of hydrogen-bond acceptors (Lipinski definition) is 5. The zero-order chi connectivity index (χ0) is 22.4. The molecule has 5 heteroatoms. The summed E-state index contributed by atoms with van der Waals surface area (Å²) in [7, 11) is 3.25. The molecule has 1 aromatic rings. The summed E-state index contributed by atoms with van der Waals surface area (Å²) < 4.78 is 23.5. The number of allylic oxidation sites excluding steroid dienone is 1. The molecule has 172 valence electrons. The van der Waals surface area contributed by atoms with E-state index < -0.39 is 11.2 Å². The maximum Gasteiger partial charge on any atom is 0.309 e. The van der Waals surface area contributed by atoms with Crippen molar-refractivity contribution in [1.82, 2.24) is 0 Å². The Bertz CT molecular complexity index is 994. The topological polar surface area (TPSA) is 54.0 Å². The van der Waals surface area contributed by atoms with Gasteiger partial charge in [0.05, 0.1) is 38.8 Å². The summed E-state index contributed by atoms with van der Waals surface area (Å²) in [5.41, 5.74) is 2.24. The summed E-state index contributed by atoms with van der Waals surface area (Å²) in [5, 5.41) is 0. The van der Waals surface area contributed by atoms with Crippen molar-refractivity contribution in [3.63, 3.8) is 0 Å². The molecule has 0 radical (unpaired) electrons. The molecular formula is C27H34O5. The van der Waals surface area contributed by atoms with E-state index in [-0.39, 0.29) is 22.7 Å². The van der Waals surface area contributed by atoms with E-state index in [4.69, 9.17) is 18.9 Å². The fourth-order valence-electron chi connectivity index (χ4n) is 9.02. The molecule has 6 rings (SSSR count). The van der Waals surface area contributed by atoms with Crippen LogP contribution in [0.25, 0.3) is 0 Å². The van der Waals surface area contributed by atoms with Crippen LogP contribution in [-0.4, -0.2) is 39.2 Å². The molecule has 0 spiro atoms. The molecular weight excluding hydrogens is 404 g/mol. The summed E-state index contributed by atoms with van der Waals surface area (Å²) in [6.45, 7) is 5.61. The van der Waals surface area contributed by atoms with Gasteiger partial charge in [0.15, 0.2) is 5.79 Å². The quantitative estimate of drug-likeness (QED) is 0.508. The molecule has 3 fully saturated rings. The summed E-state index contributed by atoms with van der Waals surface area (Å²) in [4.78, 5) is 13.2. The van der Waals surface area contributed by atoms with Crippen LogP contribution in [0.4, 0.5) is 0 Å². The second-order valence-electron chi connectivity index (χ2n) is 10.9. The molecule has 1 saturated heterocycles. The number of carbonyl (C=O) groups excluding carboxylic acids is 1. The SMILES string of the molecule is COC(=O)[C@@H]1CC23C=C[C@@]1(C1(C)OCCO1)[C@@]2(C)CC[C@@H]1c2ccc(OC)cc2CC[C@H]13. The highest BCUT2D eigenvalue weighted by Gasteiger charge is 2.81. The number of rotatable bonds is 3. The molecule has 5 aliphatic rings. The third kappa shape index (κ3) is 2.15. The molecule has 6 atom stereocenters. The molecule has 1 aliphatic heterocycles. The van der Waals surface area contributed by atoms with Crippen molar-refractivity contribution < 1.29 is 23.7 Å². The Morgan fingerprint density at radius 2 is 1.88 bits per heavy atom. The van der Waals surface area contributed by atoms with E-state index in [1.807, 2.05) is 0 Å². The number of aryl methyl sites for hydroxylation is 1. The predicted molar refractivity (Wildman–Crippen MR) is 119 cm³/mol. The first-order valence-corrected chi connectivity index (χ1v) is 12.1. The summed E-state index contributed by atoms with van der Waals surface area (Å²) in [6, 6.07) is 6.61. The van der Waals surface area contributed by atoms with E-state index in [1.54, 1.807) is 7.11 Å². The van der Waals surface area contributed by atoms with E-state index in [2.05, 4.69) is 44.2 Å². The van der Waals surface area contributed by atoms with Crippen LogP contribution in [0.15, 0.2) is 30.4 Å². The second kappa shape index (κ2) is 6.60. The lowest BCUT2D eigenvalue weighted by molar-refractivity contribution is -0.257. The zero-order valence-electron chi connectivity index (χ0n) is 19.6. The monoisotopic (exact) mass is 438 g/mol. The number of fused-ring (bicyclic) bond motifs is 3. The van der Waals surface area contributed by atoms with Gasteiger partial charge >= 0.3 is 5.97 Å².